The molecule has 0 bridgehead atoms. The van der Waals surface area contributed by atoms with Crippen molar-refractivity contribution in [3.63, 3.8) is 0 Å². The number of hydrogen-bond acceptors (Lipinski definition) is 3. The van der Waals surface area contributed by atoms with Crippen molar-refractivity contribution in [3.8, 4) is 0 Å². The van der Waals surface area contributed by atoms with E-state index in [1.165, 1.54) is 0 Å². The Morgan fingerprint density at radius 1 is 1.10 bits per heavy atom. The first-order valence-corrected chi connectivity index (χ1v) is 8.12. The van der Waals surface area contributed by atoms with E-state index >= 15 is 0 Å². The normalized spacial score (nSPS) is 15.6. The van der Waals surface area contributed by atoms with Crippen molar-refractivity contribution in [3.05, 3.63) is 41.4 Å². The maximum Gasteiger partial charge on any atom is 0.352 e. The molecule has 0 aromatic heterocycles. The van der Waals surface area contributed by atoms with E-state index in [9.17, 15) is 22.7 Å². The van der Waals surface area contributed by atoms with E-state index in [1.807, 2.05) is 0 Å². The predicted octanol–water partition coefficient (Wildman–Crippen LogP) is 2.41. The zero-order chi connectivity index (χ0) is 15.5. The van der Waals surface area contributed by atoms with Crippen LogP contribution in [-0.2, 0) is 14.8 Å². The Morgan fingerprint density at radius 2 is 1.67 bits per heavy atom. The first-order chi connectivity index (χ1) is 9.90. The van der Waals surface area contributed by atoms with Crippen LogP contribution in [0.25, 0.3) is 0 Å². The second-order valence-electron chi connectivity index (χ2n) is 4.90. The number of halogens is 1. The average Bonchev–Trinajstić information content (AvgIpc) is 2.46. The summed E-state index contributed by atoms with van der Waals surface area (Å²) in [4.78, 5) is 11.1. The smallest absolute Gasteiger partial charge is 0.352 e. The molecule has 1 fully saturated rings. The number of carbonyl (C=O) groups is 1. The second kappa shape index (κ2) is 6.26. The topological polar surface area (TPSA) is 83.5 Å². The molecule has 1 aromatic carbocycles. The molecule has 7 heteroatoms. The van der Waals surface area contributed by atoms with Crippen LogP contribution in [-0.4, -0.2) is 19.5 Å². The molecule has 0 aliphatic heterocycles. The third-order valence-corrected chi connectivity index (χ3v) is 4.75. The van der Waals surface area contributed by atoms with E-state index in [-0.39, 0.29) is 10.6 Å². The van der Waals surface area contributed by atoms with E-state index in [0.29, 0.717) is 18.4 Å². The summed E-state index contributed by atoms with van der Waals surface area (Å²) >= 11 is 0. The summed E-state index contributed by atoms with van der Waals surface area (Å²) < 4.78 is 39.3. The summed E-state index contributed by atoms with van der Waals surface area (Å²) in [6.07, 6.45) is 3.87. The number of carboxylic acid groups (broad SMARTS) is 1. The Balaban J connectivity index is 2.32. The van der Waals surface area contributed by atoms with Crippen LogP contribution >= 0.6 is 0 Å². The molecule has 0 atom stereocenters. The van der Waals surface area contributed by atoms with E-state index in [2.05, 4.69) is 4.72 Å². The first kappa shape index (κ1) is 15.5. The number of nitrogens with one attached hydrogen (secondary N) is 1. The maximum atomic E-state index is 12.8. The molecule has 2 N–H and O–H groups in total. The van der Waals surface area contributed by atoms with Crippen LogP contribution in [0.15, 0.2) is 40.4 Å². The van der Waals surface area contributed by atoms with E-state index in [1.54, 1.807) is 0 Å². The maximum absolute atomic E-state index is 12.8. The Bertz CT molecular complexity index is 657. The molecule has 1 aliphatic carbocycles. The molecule has 114 valence electrons. The van der Waals surface area contributed by atoms with Crippen LogP contribution in [0.3, 0.4) is 0 Å². The van der Waals surface area contributed by atoms with Crippen LogP contribution in [0.1, 0.15) is 32.1 Å². The highest BCUT2D eigenvalue weighted by molar-refractivity contribution is 7.89. The lowest BCUT2D eigenvalue weighted by molar-refractivity contribution is -0.133. The number of rotatable bonds is 4. The highest BCUT2D eigenvalue weighted by Gasteiger charge is 2.23. The van der Waals surface area contributed by atoms with Crippen LogP contribution in [0.5, 0.6) is 0 Å². The SMILES string of the molecule is O=C(O)C(NS(=O)(=O)c1ccc(F)cc1)=C1CCCCC1. The average molecular weight is 313 g/mol. The molecule has 0 amide bonds. The Morgan fingerprint density at radius 3 is 2.19 bits per heavy atom. The lowest BCUT2D eigenvalue weighted by Crippen LogP contribution is -2.29. The van der Waals surface area contributed by atoms with Gasteiger partial charge in [-0.25, -0.2) is 17.6 Å². The minimum atomic E-state index is -4.03. The standard InChI is InChI=1S/C14H16FNO4S/c15-11-6-8-12(9-7-11)21(19,20)16-13(14(17)18)10-4-2-1-3-5-10/h6-9,16H,1-5H2,(H,17,18). The second-order valence-corrected chi connectivity index (χ2v) is 6.59. The Hall–Kier alpha value is -1.89. The number of hydrogen-bond donors (Lipinski definition) is 2. The first-order valence-electron chi connectivity index (χ1n) is 6.64. The third-order valence-electron chi connectivity index (χ3n) is 3.38. The number of aliphatic carboxylic acids is 1. The molecule has 0 unspecified atom stereocenters. The summed E-state index contributed by atoms with van der Waals surface area (Å²) in [6, 6.07) is 4.23. The van der Waals surface area contributed by atoms with Gasteiger partial charge < -0.3 is 5.11 Å². The number of carboxylic acids is 1. The molecule has 0 saturated heterocycles. The van der Waals surface area contributed by atoms with Gasteiger partial charge in [0.2, 0.25) is 0 Å². The van der Waals surface area contributed by atoms with Gasteiger partial charge in [0.25, 0.3) is 10.0 Å². The third kappa shape index (κ3) is 3.81. The van der Waals surface area contributed by atoms with Crippen molar-refractivity contribution in [2.24, 2.45) is 0 Å². The lowest BCUT2D eigenvalue weighted by atomic mass is 9.93. The number of benzene rings is 1. The van der Waals surface area contributed by atoms with Gasteiger partial charge in [-0.15, -0.1) is 0 Å². The molecule has 0 spiro atoms. The van der Waals surface area contributed by atoms with Gasteiger partial charge in [-0.05, 0) is 55.5 Å². The van der Waals surface area contributed by atoms with Crippen LogP contribution in [0, 0.1) is 5.82 Å². The molecule has 0 radical (unpaired) electrons. The monoisotopic (exact) mass is 313 g/mol. The molecule has 1 saturated carbocycles. The minimum Gasteiger partial charge on any atom is -0.477 e. The van der Waals surface area contributed by atoms with E-state index in [4.69, 9.17) is 0 Å². The lowest BCUT2D eigenvalue weighted by Gasteiger charge is -2.18. The fourth-order valence-corrected chi connectivity index (χ4v) is 3.42. The van der Waals surface area contributed by atoms with Crippen molar-refractivity contribution < 1.29 is 22.7 Å². The van der Waals surface area contributed by atoms with E-state index < -0.39 is 21.8 Å². The van der Waals surface area contributed by atoms with Gasteiger partial charge >= 0.3 is 5.97 Å². The molecule has 1 aromatic rings. The zero-order valence-corrected chi connectivity index (χ0v) is 12.1. The molecule has 1 aliphatic rings. The quantitative estimate of drug-likeness (QED) is 0.836. The fourth-order valence-electron chi connectivity index (χ4n) is 2.30. The molecule has 0 heterocycles. The molecule has 21 heavy (non-hydrogen) atoms. The molecule has 5 nitrogen and oxygen atoms in total. The summed E-state index contributed by atoms with van der Waals surface area (Å²) in [5.41, 5.74) is 0.332. The summed E-state index contributed by atoms with van der Waals surface area (Å²) in [5.74, 6) is -1.85. The van der Waals surface area contributed by atoms with Crippen LogP contribution in [0.2, 0.25) is 0 Å². The van der Waals surface area contributed by atoms with Crippen molar-refractivity contribution in [2.75, 3.05) is 0 Å². The van der Waals surface area contributed by atoms with Gasteiger partial charge in [0, 0.05) is 0 Å². The molecular weight excluding hydrogens is 297 g/mol. The van der Waals surface area contributed by atoms with Gasteiger partial charge in [0.05, 0.1) is 4.90 Å². The van der Waals surface area contributed by atoms with Crippen LogP contribution < -0.4 is 4.72 Å². The number of sulfonamides is 1. The van der Waals surface area contributed by atoms with Gasteiger partial charge in [-0.3, -0.25) is 4.72 Å². The van der Waals surface area contributed by atoms with Crippen molar-refractivity contribution in [1.29, 1.82) is 0 Å². The highest BCUT2D eigenvalue weighted by Crippen LogP contribution is 2.26. The summed E-state index contributed by atoms with van der Waals surface area (Å²) in [7, 11) is -4.03. The van der Waals surface area contributed by atoms with Crippen LogP contribution in [0.4, 0.5) is 4.39 Å². The minimum absolute atomic E-state index is 0.168. The highest BCUT2D eigenvalue weighted by atomic mass is 32.2. The number of allylic oxidation sites excluding steroid dienone is 1. The molecular formula is C14H16FNO4S. The predicted molar refractivity (Wildman–Crippen MR) is 74.5 cm³/mol. The fraction of sp³-hybridized carbons (Fsp3) is 0.357. The van der Waals surface area contributed by atoms with Crippen molar-refractivity contribution in [2.45, 2.75) is 37.0 Å². The van der Waals surface area contributed by atoms with Crippen molar-refractivity contribution >= 4 is 16.0 Å². The Kier molecular flexibility index (Phi) is 4.62. The zero-order valence-electron chi connectivity index (χ0n) is 11.3. The van der Waals surface area contributed by atoms with Gasteiger partial charge in [0.15, 0.2) is 0 Å². The van der Waals surface area contributed by atoms with Crippen molar-refractivity contribution in [1.82, 2.24) is 4.72 Å². The van der Waals surface area contributed by atoms with Gasteiger partial charge in [0.1, 0.15) is 11.5 Å². The summed E-state index contributed by atoms with van der Waals surface area (Å²) in [5, 5.41) is 9.24. The summed E-state index contributed by atoms with van der Waals surface area (Å²) in [6.45, 7) is 0. The van der Waals surface area contributed by atoms with Gasteiger partial charge in [-0.1, -0.05) is 6.42 Å². The van der Waals surface area contributed by atoms with E-state index in [0.717, 1.165) is 43.5 Å². The largest absolute Gasteiger partial charge is 0.477 e. The Labute approximate surface area is 122 Å². The molecule has 2 rings (SSSR count). The van der Waals surface area contributed by atoms with Gasteiger partial charge in [-0.2, -0.15) is 0 Å².